The van der Waals surface area contributed by atoms with E-state index in [4.69, 9.17) is 14.6 Å². The predicted octanol–water partition coefficient (Wildman–Crippen LogP) is 2.66. The van der Waals surface area contributed by atoms with Gasteiger partial charge in [0.05, 0.1) is 32.0 Å². The Morgan fingerprint density at radius 3 is 2.65 bits per heavy atom. The van der Waals surface area contributed by atoms with Crippen molar-refractivity contribution in [2.24, 2.45) is 0 Å². The molecule has 5 nitrogen and oxygen atoms in total. The van der Waals surface area contributed by atoms with Crippen LogP contribution in [0.5, 0.6) is 5.75 Å². The number of ether oxygens (including phenoxy) is 2. The highest BCUT2D eigenvalue weighted by Gasteiger charge is 2.14. The molecule has 0 radical (unpaired) electrons. The van der Waals surface area contributed by atoms with Gasteiger partial charge in [0.25, 0.3) is 5.91 Å². The van der Waals surface area contributed by atoms with Crippen LogP contribution in [0.25, 0.3) is 0 Å². The lowest BCUT2D eigenvalue weighted by Crippen LogP contribution is -2.29. The Kier molecular flexibility index (Phi) is 7.36. The summed E-state index contributed by atoms with van der Waals surface area (Å²) >= 11 is 0. The molecule has 0 saturated heterocycles. The van der Waals surface area contributed by atoms with E-state index in [2.05, 4.69) is 5.32 Å². The summed E-state index contributed by atoms with van der Waals surface area (Å²) in [7, 11) is 1.52. The highest BCUT2D eigenvalue weighted by molar-refractivity contribution is 5.97. The summed E-state index contributed by atoms with van der Waals surface area (Å²) in [6.07, 6.45) is 7.69. The van der Waals surface area contributed by atoms with Crippen LogP contribution in [-0.4, -0.2) is 37.4 Å². The topological polar surface area (TPSA) is 67.8 Å². The third kappa shape index (κ3) is 5.52. The van der Waals surface area contributed by atoms with Crippen LogP contribution in [0.3, 0.4) is 0 Å². The van der Waals surface area contributed by atoms with Crippen molar-refractivity contribution in [1.82, 2.24) is 5.32 Å². The van der Waals surface area contributed by atoms with Gasteiger partial charge >= 0.3 is 0 Å². The number of methoxy groups -OCH3 is 1. The first-order valence-corrected chi connectivity index (χ1v) is 8.42. The van der Waals surface area contributed by atoms with E-state index in [1.807, 2.05) is 0 Å². The van der Waals surface area contributed by atoms with E-state index in [9.17, 15) is 4.79 Å². The van der Waals surface area contributed by atoms with Crippen LogP contribution in [0.4, 0.5) is 0 Å². The molecule has 1 aliphatic carbocycles. The Labute approximate surface area is 138 Å². The van der Waals surface area contributed by atoms with Gasteiger partial charge in [-0.3, -0.25) is 4.79 Å². The maximum Gasteiger partial charge on any atom is 0.255 e. The number of hydrogen-bond donors (Lipinski definition) is 2. The van der Waals surface area contributed by atoms with Crippen molar-refractivity contribution in [2.75, 3.05) is 20.3 Å². The zero-order valence-electron chi connectivity index (χ0n) is 13.8. The van der Waals surface area contributed by atoms with Gasteiger partial charge in [-0.15, -0.1) is 0 Å². The standard InChI is InChI=1S/C18H27NO4/c1-22-17-12-14(13-20)8-9-16(17)18(21)19-10-11-23-15-6-4-2-3-5-7-15/h8-9,12,15,20H,2-7,10-11,13H2,1H3,(H,19,21). The van der Waals surface area contributed by atoms with Gasteiger partial charge in [-0.25, -0.2) is 0 Å². The highest BCUT2D eigenvalue weighted by Crippen LogP contribution is 2.21. The summed E-state index contributed by atoms with van der Waals surface area (Å²) in [5.74, 6) is 0.287. The van der Waals surface area contributed by atoms with Crippen LogP contribution in [-0.2, 0) is 11.3 Å². The van der Waals surface area contributed by atoms with Gasteiger partial charge in [-0.2, -0.15) is 0 Å². The molecule has 0 bridgehead atoms. The quantitative estimate of drug-likeness (QED) is 0.598. The number of benzene rings is 1. The molecular formula is C18H27NO4. The second-order valence-electron chi connectivity index (χ2n) is 5.93. The first-order valence-electron chi connectivity index (χ1n) is 8.42. The first kappa shape index (κ1) is 17.8. The van der Waals surface area contributed by atoms with E-state index >= 15 is 0 Å². The maximum absolute atomic E-state index is 12.2. The fourth-order valence-corrected chi connectivity index (χ4v) is 2.92. The van der Waals surface area contributed by atoms with Crippen molar-refractivity contribution >= 4 is 5.91 Å². The predicted molar refractivity (Wildman–Crippen MR) is 88.7 cm³/mol. The molecule has 1 saturated carbocycles. The van der Waals surface area contributed by atoms with Gasteiger partial charge in [0.15, 0.2) is 0 Å². The molecule has 0 spiro atoms. The number of nitrogens with one attached hydrogen (secondary N) is 1. The third-order valence-electron chi connectivity index (χ3n) is 4.24. The molecule has 0 heterocycles. The summed E-state index contributed by atoms with van der Waals surface area (Å²) in [5, 5.41) is 12.0. The molecule has 128 valence electrons. The van der Waals surface area contributed by atoms with Crippen LogP contribution >= 0.6 is 0 Å². The average molecular weight is 321 g/mol. The molecule has 0 unspecified atom stereocenters. The molecule has 1 aromatic rings. The van der Waals surface area contributed by atoms with Crippen molar-refractivity contribution in [2.45, 2.75) is 51.2 Å². The van der Waals surface area contributed by atoms with Crippen molar-refractivity contribution in [3.63, 3.8) is 0 Å². The Morgan fingerprint density at radius 1 is 1.26 bits per heavy atom. The van der Waals surface area contributed by atoms with E-state index in [1.54, 1.807) is 18.2 Å². The molecule has 23 heavy (non-hydrogen) atoms. The molecule has 0 aromatic heterocycles. The molecule has 1 aromatic carbocycles. The van der Waals surface area contributed by atoms with E-state index < -0.39 is 0 Å². The smallest absolute Gasteiger partial charge is 0.255 e. The number of rotatable bonds is 7. The van der Waals surface area contributed by atoms with Crippen molar-refractivity contribution < 1.29 is 19.4 Å². The molecular weight excluding hydrogens is 294 g/mol. The van der Waals surface area contributed by atoms with Crippen LogP contribution in [0, 0.1) is 0 Å². The minimum absolute atomic E-state index is 0.0759. The van der Waals surface area contributed by atoms with Crippen LogP contribution in [0.1, 0.15) is 54.4 Å². The molecule has 5 heteroatoms. The molecule has 1 amide bonds. The van der Waals surface area contributed by atoms with Gasteiger partial charge in [0.2, 0.25) is 0 Å². The van der Waals surface area contributed by atoms with Crippen molar-refractivity contribution in [3.8, 4) is 5.75 Å². The second kappa shape index (κ2) is 9.53. The summed E-state index contributed by atoms with van der Waals surface area (Å²) in [5.41, 5.74) is 1.19. The van der Waals surface area contributed by atoms with Crippen LogP contribution in [0.15, 0.2) is 18.2 Å². The van der Waals surface area contributed by atoms with E-state index in [-0.39, 0.29) is 12.5 Å². The normalized spacial score (nSPS) is 15.9. The van der Waals surface area contributed by atoms with Crippen LogP contribution in [0.2, 0.25) is 0 Å². The van der Waals surface area contributed by atoms with Crippen LogP contribution < -0.4 is 10.1 Å². The van der Waals surface area contributed by atoms with Gasteiger partial charge in [0, 0.05) is 6.54 Å². The van der Waals surface area contributed by atoms with Gasteiger partial charge < -0.3 is 19.9 Å². The third-order valence-corrected chi connectivity index (χ3v) is 4.24. The van der Waals surface area contributed by atoms with E-state index in [0.29, 0.717) is 30.6 Å². The Bertz CT molecular complexity index is 496. The molecule has 0 aliphatic heterocycles. The molecule has 1 fully saturated rings. The zero-order valence-corrected chi connectivity index (χ0v) is 13.8. The van der Waals surface area contributed by atoms with Crippen molar-refractivity contribution in [3.05, 3.63) is 29.3 Å². The Balaban J connectivity index is 1.78. The lowest BCUT2D eigenvalue weighted by Gasteiger charge is -2.16. The van der Waals surface area contributed by atoms with Gasteiger partial charge in [-0.1, -0.05) is 31.7 Å². The molecule has 2 rings (SSSR count). The minimum atomic E-state index is -0.184. The number of carbonyl (C=O) groups is 1. The second-order valence-corrected chi connectivity index (χ2v) is 5.93. The van der Waals surface area contributed by atoms with E-state index in [0.717, 1.165) is 18.4 Å². The minimum Gasteiger partial charge on any atom is -0.496 e. The lowest BCUT2D eigenvalue weighted by molar-refractivity contribution is 0.0441. The monoisotopic (exact) mass is 321 g/mol. The number of aliphatic hydroxyl groups excluding tert-OH is 1. The van der Waals surface area contributed by atoms with Gasteiger partial charge in [0.1, 0.15) is 5.75 Å². The average Bonchev–Trinajstić information content (AvgIpc) is 2.86. The Hall–Kier alpha value is -1.59. The molecule has 2 N–H and O–H groups in total. The number of amides is 1. The molecule has 0 atom stereocenters. The first-order chi connectivity index (χ1) is 11.2. The summed E-state index contributed by atoms with van der Waals surface area (Å²) in [4.78, 5) is 12.2. The van der Waals surface area contributed by atoms with Gasteiger partial charge in [-0.05, 0) is 30.5 Å². The fraction of sp³-hybridized carbons (Fsp3) is 0.611. The van der Waals surface area contributed by atoms with E-state index in [1.165, 1.54) is 32.8 Å². The highest BCUT2D eigenvalue weighted by atomic mass is 16.5. The zero-order chi connectivity index (χ0) is 16.5. The number of hydrogen-bond acceptors (Lipinski definition) is 4. The number of aliphatic hydroxyl groups is 1. The summed E-state index contributed by atoms with van der Waals surface area (Å²) < 4.78 is 11.1. The van der Waals surface area contributed by atoms with Crippen molar-refractivity contribution in [1.29, 1.82) is 0 Å². The SMILES string of the molecule is COc1cc(CO)ccc1C(=O)NCCOC1CCCCCC1. The summed E-state index contributed by atoms with van der Waals surface area (Å²) in [6.45, 7) is 0.946. The maximum atomic E-state index is 12.2. The Morgan fingerprint density at radius 2 is 2.00 bits per heavy atom. The fourth-order valence-electron chi connectivity index (χ4n) is 2.92. The summed E-state index contributed by atoms with van der Waals surface area (Å²) in [6, 6.07) is 5.07. The largest absolute Gasteiger partial charge is 0.496 e. The number of carbonyl (C=O) groups excluding carboxylic acids is 1. The lowest BCUT2D eigenvalue weighted by atomic mass is 10.1. The molecule has 1 aliphatic rings.